The summed E-state index contributed by atoms with van der Waals surface area (Å²) < 4.78 is 0. The van der Waals surface area contributed by atoms with Gasteiger partial charge in [-0.05, 0) is 18.9 Å². The Labute approximate surface area is 112 Å². The summed E-state index contributed by atoms with van der Waals surface area (Å²) in [6.45, 7) is 4.48. The topological polar surface area (TPSA) is 84.3 Å². The Morgan fingerprint density at radius 1 is 1.37 bits per heavy atom. The highest BCUT2D eigenvalue weighted by molar-refractivity contribution is 5.90. The number of nitro groups is 1. The third-order valence-corrected chi connectivity index (χ3v) is 2.75. The largest absolute Gasteiger partial charge is 0.338 e. The van der Waals surface area contributed by atoms with Crippen LogP contribution in [0.2, 0.25) is 0 Å². The van der Waals surface area contributed by atoms with Crippen LogP contribution in [0, 0.1) is 17.0 Å². The van der Waals surface area contributed by atoms with Crippen LogP contribution >= 0.6 is 0 Å². The number of nitrogens with one attached hydrogen (secondary N) is 2. The fourth-order valence-electron chi connectivity index (χ4n) is 1.60. The average Bonchev–Trinajstić information content (AvgIpc) is 2.37. The van der Waals surface area contributed by atoms with E-state index in [4.69, 9.17) is 0 Å². The van der Waals surface area contributed by atoms with Gasteiger partial charge in [-0.1, -0.05) is 25.8 Å². The molecular weight excluding hydrogens is 246 g/mol. The molecule has 0 saturated carbocycles. The minimum absolute atomic E-state index is 0.0353. The number of nitro benzene ring substituents is 1. The quantitative estimate of drug-likeness (QED) is 0.470. The standard InChI is InChI=1S/C13H19N3O3/c1-3-4-5-8-14-13(17)15-12-9-11(16(18)19)7-6-10(12)2/h6-7,9H,3-5,8H2,1-2H3,(H2,14,15,17). The first kappa shape index (κ1) is 14.9. The summed E-state index contributed by atoms with van der Waals surface area (Å²) in [6, 6.07) is 4.06. The van der Waals surface area contributed by atoms with Gasteiger partial charge in [0, 0.05) is 18.7 Å². The lowest BCUT2D eigenvalue weighted by atomic mass is 10.2. The number of amides is 2. The van der Waals surface area contributed by atoms with Crippen LogP contribution in [-0.4, -0.2) is 17.5 Å². The summed E-state index contributed by atoms with van der Waals surface area (Å²) in [5.41, 5.74) is 1.21. The molecule has 1 aromatic carbocycles. The lowest BCUT2D eigenvalue weighted by molar-refractivity contribution is -0.384. The number of non-ortho nitro benzene ring substituents is 1. The molecule has 0 unspecified atom stereocenters. The predicted octanol–water partition coefficient (Wildman–Crippen LogP) is 3.21. The van der Waals surface area contributed by atoms with Gasteiger partial charge in [0.1, 0.15) is 0 Å². The fourth-order valence-corrected chi connectivity index (χ4v) is 1.60. The fraction of sp³-hybridized carbons (Fsp3) is 0.462. The summed E-state index contributed by atoms with van der Waals surface area (Å²) in [5, 5.41) is 16.0. The first-order valence-corrected chi connectivity index (χ1v) is 6.34. The van der Waals surface area contributed by atoms with Crippen LogP contribution in [-0.2, 0) is 0 Å². The first-order chi connectivity index (χ1) is 9.04. The Bertz CT molecular complexity index is 460. The molecule has 0 atom stereocenters. The van der Waals surface area contributed by atoms with Gasteiger partial charge in [-0.2, -0.15) is 0 Å². The number of rotatable bonds is 6. The van der Waals surface area contributed by atoms with Crippen molar-refractivity contribution in [1.29, 1.82) is 0 Å². The monoisotopic (exact) mass is 265 g/mol. The van der Waals surface area contributed by atoms with Gasteiger partial charge in [-0.3, -0.25) is 10.1 Å². The number of hydrogen-bond acceptors (Lipinski definition) is 3. The lowest BCUT2D eigenvalue weighted by Gasteiger charge is -2.09. The summed E-state index contributed by atoms with van der Waals surface area (Å²) >= 11 is 0. The van der Waals surface area contributed by atoms with E-state index in [1.54, 1.807) is 13.0 Å². The highest BCUT2D eigenvalue weighted by Crippen LogP contribution is 2.21. The summed E-state index contributed by atoms with van der Waals surface area (Å²) in [6.07, 6.45) is 3.08. The molecule has 1 rings (SSSR count). The minimum Gasteiger partial charge on any atom is -0.338 e. The molecule has 0 aromatic heterocycles. The number of carbonyl (C=O) groups excluding carboxylic acids is 1. The molecule has 0 heterocycles. The van der Waals surface area contributed by atoms with Gasteiger partial charge in [-0.15, -0.1) is 0 Å². The van der Waals surface area contributed by atoms with Crippen molar-refractivity contribution in [3.63, 3.8) is 0 Å². The number of urea groups is 1. The second-order valence-electron chi connectivity index (χ2n) is 4.34. The van der Waals surface area contributed by atoms with Gasteiger partial charge in [0.05, 0.1) is 10.6 Å². The second kappa shape index (κ2) is 7.35. The molecule has 0 aliphatic heterocycles. The van der Waals surface area contributed by atoms with E-state index in [-0.39, 0.29) is 11.7 Å². The molecule has 6 nitrogen and oxygen atoms in total. The molecule has 0 bridgehead atoms. The van der Waals surface area contributed by atoms with Crippen LogP contribution in [0.25, 0.3) is 0 Å². The van der Waals surface area contributed by atoms with E-state index in [0.29, 0.717) is 12.2 Å². The smallest absolute Gasteiger partial charge is 0.319 e. The van der Waals surface area contributed by atoms with Crippen LogP contribution in [0.4, 0.5) is 16.2 Å². The second-order valence-corrected chi connectivity index (χ2v) is 4.34. The zero-order valence-corrected chi connectivity index (χ0v) is 11.2. The van der Waals surface area contributed by atoms with Gasteiger partial charge >= 0.3 is 6.03 Å². The number of unbranched alkanes of at least 4 members (excludes halogenated alkanes) is 2. The molecule has 6 heteroatoms. The van der Waals surface area contributed by atoms with Crippen molar-refractivity contribution in [3.8, 4) is 0 Å². The van der Waals surface area contributed by atoms with Gasteiger partial charge in [0.15, 0.2) is 0 Å². The number of benzene rings is 1. The van der Waals surface area contributed by atoms with Crippen molar-refractivity contribution in [2.75, 3.05) is 11.9 Å². The molecule has 0 radical (unpaired) electrons. The van der Waals surface area contributed by atoms with E-state index in [1.165, 1.54) is 12.1 Å². The van der Waals surface area contributed by atoms with E-state index in [2.05, 4.69) is 17.6 Å². The third-order valence-electron chi connectivity index (χ3n) is 2.75. The first-order valence-electron chi connectivity index (χ1n) is 6.34. The Balaban J connectivity index is 2.58. The Hall–Kier alpha value is -2.11. The van der Waals surface area contributed by atoms with Crippen molar-refractivity contribution in [2.45, 2.75) is 33.1 Å². The van der Waals surface area contributed by atoms with Crippen LogP contribution in [0.3, 0.4) is 0 Å². The van der Waals surface area contributed by atoms with E-state index in [9.17, 15) is 14.9 Å². The average molecular weight is 265 g/mol. The molecule has 2 N–H and O–H groups in total. The summed E-state index contributed by atoms with van der Waals surface area (Å²) in [4.78, 5) is 21.8. The highest BCUT2D eigenvalue weighted by atomic mass is 16.6. The van der Waals surface area contributed by atoms with E-state index >= 15 is 0 Å². The molecule has 0 spiro atoms. The SMILES string of the molecule is CCCCCNC(=O)Nc1cc([N+](=O)[O-])ccc1C. The predicted molar refractivity (Wildman–Crippen MR) is 74.4 cm³/mol. The highest BCUT2D eigenvalue weighted by Gasteiger charge is 2.10. The molecule has 0 fully saturated rings. The van der Waals surface area contributed by atoms with E-state index in [1.807, 2.05) is 0 Å². The van der Waals surface area contributed by atoms with E-state index < -0.39 is 4.92 Å². The molecule has 2 amide bonds. The number of anilines is 1. The molecule has 104 valence electrons. The number of aryl methyl sites for hydroxylation is 1. The van der Waals surface area contributed by atoms with Crippen molar-refractivity contribution >= 4 is 17.4 Å². The van der Waals surface area contributed by atoms with Crippen LogP contribution in [0.1, 0.15) is 31.7 Å². The van der Waals surface area contributed by atoms with Gasteiger partial charge in [-0.25, -0.2) is 4.79 Å². The van der Waals surface area contributed by atoms with Crippen molar-refractivity contribution < 1.29 is 9.72 Å². The maximum absolute atomic E-state index is 11.6. The lowest BCUT2D eigenvalue weighted by Crippen LogP contribution is -2.29. The molecular formula is C13H19N3O3. The molecule has 0 aliphatic carbocycles. The van der Waals surface area contributed by atoms with Crippen LogP contribution in [0.15, 0.2) is 18.2 Å². The van der Waals surface area contributed by atoms with Crippen LogP contribution < -0.4 is 10.6 Å². The van der Waals surface area contributed by atoms with Crippen molar-refractivity contribution in [2.24, 2.45) is 0 Å². The van der Waals surface area contributed by atoms with Gasteiger partial charge in [0.2, 0.25) is 0 Å². The van der Waals surface area contributed by atoms with Gasteiger partial charge < -0.3 is 10.6 Å². The summed E-state index contributed by atoms with van der Waals surface area (Å²) in [7, 11) is 0. The van der Waals surface area contributed by atoms with Crippen molar-refractivity contribution in [1.82, 2.24) is 5.32 Å². The molecule has 0 saturated heterocycles. The Kier molecular flexibility index (Phi) is 5.78. The van der Waals surface area contributed by atoms with E-state index in [0.717, 1.165) is 24.8 Å². The molecule has 19 heavy (non-hydrogen) atoms. The van der Waals surface area contributed by atoms with Crippen LogP contribution in [0.5, 0.6) is 0 Å². The maximum Gasteiger partial charge on any atom is 0.319 e. The molecule has 1 aromatic rings. The number of carbonyl (C=O) groups is 1. The normalized spacial score (nSPS) is 10.0. The third kappa shape index (κ3) is 4.95. The summed E-state index contributed by atoms with van der Waals surface area (Å²) in [5.74, 6) is 0. The Morgan fingerprint density at radius 2 is 2.11 bits per heavy atom. The minimum atomic E-state index is -0.482. The van der Waals surface area contributed by atoms with Crippen molar-refractivity contribution in [3.05, 3.63) is 33.9 Å². The van der Waals surface area contributed by atoms with Gasteiger partial charge in [0.25, 0.3) is 5.69 Å². The number of nitrogens with zero attached hydrogens (tertiary/aromatic N) is 1. The molecule has 0 aliphatic rings. The zero-order chi connectivity index (χ0) is 14.3. The number of hydrogen-bond donors (Lipinski definition) is 2. The zero-order valence-electron chi connectivity index (χ0n) is 11.2. The maximum atomic E-state index is 11.6. The Morgan fingerprint density at radius 3 is 2.74 bits per heavy atom.